The molecule has 0 radical (unpaired) electrons. The SMILES string of the molecule is C=CCCC(=O)CCP(C)CCCCCC.CC.CNCCc1ccc(C)cc1. The number of likely N-dealkylation sites (N-methyl/N-ethyl adjacent to an activating group) is 1. The number of carbonyl (C=O) groups excluding carboxylic acids is 1. The van der Waals surface area contributed by atoms with Crippen molar-refractivity contribution >= 4 is 13.7 Å². The fourth-order valence-corrected chi connectivity index (χ4v) is 4.27. The molecule has 1 aromatic rings. The molecule has 0 aliphatic carbocycles. The number of nitrogens with one attached hydrogen (secondary N) is 1. The van der Waals surface area contributed by atoms with Crippen molar-refractivity contribution in [1.29, 1.82) is 0 Å². The number of allylic oxidation sites excluding steroid dienone is 1. The Kier molecular flexibility index (Phi) is 24.3. The summed E-state index contributed by atoms with van der Waals surface area (Å²) < 4.78 is 0. The van der Waals surface area contributed by atoms with Gasteiger partial charge in [-0.1, -0.05) is 75.9 Å². The van der Waals surface area contributed by atoms with E-state index in [0.717, 1.165) is 32.0 Å². The highest BCUT2D eigenvalue weighted by molar-refractivity contribution is 7.56. The van der Waals surface area contributed by atoms with E-state index in [0.29, 0.717) is 12.2 Å². The van der Waals surface area contributed by atoms with Gasteiger partial charge in [-0.2, -0.15) is 0 Å². The molecule has 0 amide bonds. The van der Waals surface area contributed by atoms with E-state index in [4.69, 9.17) is 0 Å². The van der Waals surface area contributed by atoms with Crippen LogP contribution in [-0.4, -0.2) is 38.4 Å². The normalized spacial score (nSPS) is 10.8. The summed E-state index contributed by atoms with van der Waals surface area (Å²) in [6.07, 6.45) is 13.2. The second-order valence-corrected chi connectivity index (χ2v) is 9.93. The molecule has 0 spiro atoms. The third-order valence-corrected chi connectivity index (χ3v) is 6.64. The van der Waals surface area contributed by atoms with E-state index in [1.54, 1.807) is 0 Å². The van der Waals surface area contributed by atoms with Crippen molar-refractivity contribution in [3.8, 4) is 0 Å². The molecule has 0 aliphatic heterocycles. The smallest absolute Gasteiger partial charge is 0.133 e. The fourth-order valence-electron chi connectivity index (χ4n) is 2.65. The van der Waals surface area contributed by atoms with Gasteiger partial charge >= 0.3 is 0 Å². The van der Waals surface area contributed by atoms with Crippen LogP contribution in [0.3, 0.4) is 0 Å². The number of ketones is 1. The van der Waals surface area contributed by atoms with Crippen molar-refractivity contribution in [2.45, 2.75) is 79.1 Å². The molecule has 1 N–H and O–H groups in total. The van der Waals surface area contributed by atoms with Crippen LogP contribution in [0, 0.1) is 6.92 Å². The molecule has 1 aromatic carbocycles. The maximum absolute atomic E-state index is 11.4. The topological polar surface area (TPSA) is 29.1 Å². The van der Waals surface area contributed by atoms with Crippen LogP contribution < -0.4 is 5.32 Å². The molecule has 0 bridgehead atoms. The van der Waals surface area contributed by atoms with Crippen LogP contribution in [0.25, 0.3) is 0 Å². The monoisotopic (exact) mass is 421 g/mol. The Morgan fingerprint density at radius 1 is 1.07 bits per heavy atom. The molecule has 0 aliphatic rings. The van der Waals surface area contributed by atoms with Crippen molar-refractivity contribution in [2.24, 2.45) is 0 Å². The Hall–Kier alpha value is -0.980. The molecule has 168 valence electrons. The van der Waals surface area contributed by atoms with Gasteiger partial charge in [-0.25, -0.2) is 0 Å². The summed E-state index contributed by atoms with van der Waals surface area (Å²) in [5.41, 5.74) is 2.74. The quantitative estimate of drug-likeness (QED) is 0.193. The van der Waals surface area contributed by atoms with Gasteiger partial charge < -0.3 is 5.32 Å². The van der Waals surface area contributed by atoms with Crippen molar-refractivity contribution < 1.29 is 4.79 Å². The molecule has 0 saturated heterocycles. The summed E-state index contributed by atoms with van der Waals surface area (Å²) in [6, 6.07) is 8.69. The summed E-state index contributed by atoms with van der Waals surface area (Å²) in [7, 11) is 2.09. The van der Waals surface area contributed by atoms with Crippen LogP contribution in [-0.2, 0) is 11.2 Å². The summed E-state index contributed by atoms with van der Waals surface area (Å²) in [5, 5.41) is 3.13. The van der Waals surface area contributed by atoms with Crippen LogP contribution >= 0.6 is 7.92 Å². The van der Waals surface area contributed by atoms with Gasteiger partial charge in [0.25, 0.3) is 0 Å². The lowest BCUT2D eigenvalue weighted by molar-refractivity contribution is -0.118. The molecule has 0 aromatic heterocycles. The minimum absolute atomic E-state index is 0.109. The van der Waals surface area contributed by atoms with Gasteiger partial charge in [0, 0.05) is 12.8 Å². The molecular weight excluding hydrogens is 373 g/mol. The third-order valence-electron chi connectivity index (χ3n) is 4.58. The number of rotatable bonds is 14. The fraction of sp³-hybridized carbons (Fsp3) is 0.654. The maximum atomic E-state index is 11.4. The van der Waals surface area contributed by atoms with Gasteiger partial charge in [0.05, 0.1) is 0 Å². The zero-order valence-corrected chi connectivity index (χ0v) is 21.1. The van der Waals surface area contributed by atoms with Crippen LogP contribution in [0.5, 0.6) is 0 Å². The second-order valence-electron chi connectivity index (χ2n) is 7.32. The van der Waals surface area contributed by atoms with Crippen molar-refractivity contribution in [2.75, 3.05) is 32.6 Å². The molecule has 1 unspecified atom stereocenters. The number of carbonyl (C=O) groups is 1. The number of Topliss-reactive ketones (excluding diaryl/α,β-unsaturated/α-hetero) is 1. The highest BCUT2D eigenvalue weighted by Crippen LogP contribution is 2.32. The van der Waals surface area contributed by atoms with E-state index in [-0.39, 0.29) is 7.92 Å². The number of hydrogen-bond donors (Lipinski definition) is 1. The Bertz CT molecular complexity index is 484. The van der Waals surface area contributed by atoms with E-state index >= 15 is 0 Å². The molecule has 3 heteroatoms. The van der Waals surface area contributed by atoms with E-state index in [9.17, 15) is 4.79 Å². The molecule has 29 heavy (non-hydrogen) atoms. The van der Waals surface area contributed by atoms with Crippen LogP contribution in [0.2, 0.25) is 0 Å². The first-order valence-corrected chi connectivity index (χ1v) is 13.7. The van der Waals surface area contributed by atoms with E-state index < -0.39 is 0 Å². The Morgan fingerprint density at radius 3 is 2.28 bits per heavy atom. The molecule has 1 atom stereocenters. The first-order valence-electron chi connectivity index (χ1n) is 11.5. The highest BCUT2D eigenvalue weighted by Gasteiger charge is 2.05. The minimum atomic E-state index is 0.109. The zero-order chi connectivity index (χ0) is 22.3. The van der Waals surface area contributed by atoms with Crippen molar-refractivity contribution in [3.05, 3.63) is 48.0 Å². The average molecular weight is 422 g/mol. The predicted octanol–water partition coefficient (Wildman–Crippen LogP) is 7.39. The number of hydrogen-bond acceptors (Lipinski definition) is 2. The Labute approximate surface area is 183 Å². The summed E-state index contributed by atoms with van der Waals surface area (Å²) >= 11 is 0. The summed E-state index contributed by atoms with van der Waals surface area (Å²) in [4.78, 5) is 11.4. The lowest BCUT2D eigenvalue weighted by Crippen LogP contribution is -2.10. The van der Waals surface area contributed by atoms with Gasteiger partial charge in [-0.3, -0.25) is 4.79 Å². The number of unbranched alkanes of at least 4 members (excludes halogenated alkanes) is 3. The number of aryl methyl sites for hydroxylation is 1. The predicted molar refractivity (Wildman–Crippen MR) is 136 cm³/mol. The van der Waals surface area contributed by atoms with Crippen molar-refractivity contribution in [3.63, 3.8) is 0 Å². The first-order chi connectivity index (χ1) is 14.0. The Morgan fingerprint density at radius 2 is 1.72 bits per heavy atom. The molecule has 0 fully saturated rings. The van der Waals surface area contributed by atoms with Gasteiger partial charge in [-0.05, 0) is 64.3 Å². The molecule has 0 heterocycles. The van der Waals surface area contributed by atoms with Crippen LogP contribution in [0.15, 0.2) is 36.9 Å². The van der Waals surface area contributed by atoms with E-state index in [2.05, 4.69) is 56.7 Å². The van der Waals surface area contributed by atoms with Crippen molar-refractivity contribution in [1.82, 2.24) is 5.32 Å². The minimum Gasteiger partial charge on any atom is -0.319 e. The first kappa shape index (κ1) is 30.2. The van der Waals surface area contributed by atoms with Crippen LogP contribution in [0.1, 0.15) is 76.8 Å². The highest BCUT2D eigenvalue weighted by atomic mass is 31.1. The van der Waals surface area contributed by atoms with Gasteiger partial charge in [0.15, 0.2) is 0 Å². The van der Waals surface area contributed by atoms with Gasteiger partial charge in [-0.15, -0.1) is 14.5 Å². The lowest BCUT2D eigenvalue weighted by atomic mass is 10.1. The molecular formula is C26H48NOP. The van der Waals surface area contributed by atoms with Crippen LogP contribution in [0.4, 0.5) is 0 Å². The second kappa shape index (κ2) is 23.3. The zero-order valence-electron chi connectivity index (χ0n) is 20.2. The summed E-state index contributed by atoms with van der Waals surface area (Å²) in [5.74, 6) is 0.419. The molecule has 0 saturated carbocycles. The standard InChI is InChI=1S/C14H27OP.C10H15N.C2H6/c1-4-6-8-9-12-16(3)13-11-14(15)10-7-5-2;1-9-3-5-10(6-4-9)7-8-11-2;1-2/h5H,2,4,6-13H2,1,3H3;3-6,11H,7-8H2,1-2H3;1-2H3. The van der Waals surface area contributed by atoms with Gasteiger partial charge in [0.1, 0.15) is 5.78 Å². The van der Waals surface area contributed by atoms with E-state index in [1.165, 1.54) is 43.0 Å². The number of benzene rings is 1. The third kappa shape index (κ3) is 21.5. The largest absolute Gasteiger partial charge is 0.319 e. The average Bonchev–Trinajstić information content (AvgIpc) is 2.75. The molecule has 2 nitrogen and oxygen atoms in total. The molecule has 1 rings (SSSR count). The van der Waals surface area contributed by atoms with Gasteiger partial charge in [0.2, 0.25) is 0 Å². The Balaban J connectivity index is 0. The maximum Gasteiger partial charge on any atom is 0.133 e. The lowest BCUT2D eigenvalue weighted by Gasteiger charge is -2.11. The van der Waals surface area contributed by atoms with E-state index in [1.807, 2.05) is 27.0 Å². The summed E-state index contributed by atoms with van der Waals surface area (Å²) in [6.45, 7) is 15.4.